The molecular formula is C3H4N4O2. The van der Waals surface area contributed by atoms with Gasteiger partial charge in [0.15, 0.2) is 0 Å². The van der Waals surface area contributed by atoms with E-state index in [1.54, 1.807) is 0 Å². The predicted molar refractivity (Wildman–Crippen MR) is 28.7 cm³/mol. The molecule has 1 aliphatic rings. The van der Waals surface area contributed by atoms with Crippen LogP contribution in [0.2, 0.25) is 0 Å². The highest BCUT2D eigenvalue weighted by atomic mass is 16.6. The molecule has 6 heteroatoms. The summed E-state index contributed by atoms with van der Waals surface area (Å²) in [4.78, 5) is 12.9. The van der Waals surface area contributed by atoms with Crippen LogP contribution >= 0.6 is 0 Å². The molecule has 0 fully saturated rings. The van der Waals surface area contributed by atoms with Gasteiger partial charge in [0.05, 0.1) is 11.8 Å². The van der Waals surface area contributed by atoms with E-state index in [0.717, 1.165) is 6.34 Å². The van der Waals surface area contributed by atoms with Gasteiger partial charge in [-0.1, -0.05) is 5.11 Å². The molecule has 0 aromatic rings. The zero-order chi connectivity index (χ0) is 6.91. The largest absolute Gasteiger partial charge is 0.427 e. The molecule has 1 aliphatic heterocycles. The highest BCUT2D eigenvalue weighted by molar-refractivity contribution is 5.56. The maximum atomic E-state index is 10.1. The molecule has 0 saturated carbocycles. The summed E-state index contributed by atoms with van der Waals surface area (Å²) in [6.07, 6.45) is 1.07. The molecule has 1 heterocycles. The van der Waals surface area contributed by atoms with Gasteiger partial charge in [-0.25, -0.2) is 0 Å². The van der Waals surface area contributed by atoms with Crippen molar-refractivity contribution in [2.24, 2.45) is 15.2 Å². The van der Waals surface area contributed by atoms with Gasteiger partial charge in [-0.15, -0.1) is 5.11 Å². The van der Waals surface area contributed by atoms with Gasteiger partial charge in [0, 0.05) is 0 Å². The third-order valence-electron chi connectivity index (χ3n) is 0.947. The molecule has 1 unspecified atom stereocenters. The first-order chi connectivity index (χ1) is 4.15. The summed E-state index contributed by atoms with van der Waals surface area (Å²) in [5, 5.41) is 16.6. The Hall–Kier alpha value is -1.33. The lowest BCUT2D eigenvalue weighted by molar-refractivity contribution is -0.561. The van der Waals surface area contributed by atoms with Crippen LogP contribution in [-0.4, -0.2) is 17.0 Å². The van der Waals surface area contributed by atoms with Crippen molar-refractivity contribution in [3.8, 4) is 0 Å². The minimum Gasteiger partial charge on any atom is -0.260 e. The van der Waals surface area contributed by atoms with E-state index in [1.807, 2.05) is 0 Å². The van der Waals surface area contributed by atoms with E-state index in [0.29, 0.717) is 0 Å². The van der Waals surface area contributed by atoms with Crippen LogP contribution in [0.25, 0.3) is 0 Å². The molecule has 1 rings (SSSR count). The summed E-state index contributed by atoms with van der Waals surface area (Å²) >= 11 is 0. The number of nitrogens with zero attached hydrogens (tertiary/aromatic N) is 4. The number of nitro groups is 1. The van der Waals surface area contributed by atoms with Gasteiger partial charge in [-0.2, -0.15) is 4.99 Å². The van der Waals surface area contributed by atoms with E-state index >= 15 is 0 Å². The van der Waals surface area contributed by atoms with Crippen molar-refractivity contribution in [1.82, 2.24) is 0 Å². The Kier molecular flexibility index (Phi) is 1.01. The number of rotatable bonds is 1. The van der Waals surface area contributed by atoms with Crippen LogP contribution in [0.15, 0.2) is 15.2 Å². The summed E-state index contributed by atoms with van der Waals surface area (Å²) in [6, 6.07) is 0. The van der Waals surface area contributed by atoms with Gasteiger partial charge in [0.2, 0.25) is 0 Å². The molecule has 0 radical (unpaired) electrons. The normalized spacial score (nSPS) is 31.2. The van der Waals surface area contributed by atoms with Gasteiger partial charge < -0.3 is 0 Å². The minimum atomic E-state index is -1.56. The monoisotopic (exact) mass is 128 g/mol. The third kappa shape index (κ3) is 0.778. The first-order valence-electron chi connectivity index (χ1n) is 2.25. The summed E-state index contributed by atoms with van der Waals surface area (Å²) in [5.74, 6) is -1.56. The molecule has 0 N–H and O–H groups in total. The van der Waals surface area contributed by atoms with Crippen LogP contribution in [0.5, 0.6) is 0 Å². The Morgan fingerprint density at radius 2 is 2.44 bits per heavy atom. The molecule has 0 saturated heterocycles. The van der Waals surface area contributed by atoms with Crippen LogP contribution in [0.3, 0.4) is 0 Å². The van der Waals surface area contributed by atoms with E-state index in [2.05, 4.69) is 15.2 Å². The zero-order valence-electron chi connectivity index (χ0n) is 4.68. The SMILES string of the molecule is CC1([N+](=O)[O-])N=CN=N1. The topological polar surface area (TPSA) is 80.2 Å². The standard InChI is InChI=1S/C3H4N4O2/c1-3(7(8)9)4-2-5-6-3/h2H,1H3. The van der Waals surface area contributed by atoms with Crippen LogP contribution in [0.1, 0.15) is 6.92 Å². The fourth-order valence-corrected chi connectivity index (χ4v) is 0.380. The Morgan fingerprint density at radius 3 is 2.67 bits per heavy atom. The van der Waals surface area contributed by atoms with Crippen LogP contribution < -0.4 is 0 Å². The van der Waals surface area contributed by atoms with E-state index < -0.39 is 10.7 Å². The maximum absolute atomic E-state index is 10.1. The summed E-state index contributed by atoms with van der Waals surface area (Å²) in [7, 11) is 0. The van der Waals surface area contributed by atoms with E-state index in [1.165, 1.54) is 6.92 Å². The second kappa shape index (κ2) is 1.57. The highest BCUT2D eigenvalue weighted by Gasteiger charge is 2.38. The van der Waals surface area contributed by atoms with Gasteiger partial charge in [-0.3, -0.25) is 10.1 Å². The van der Waals surface area contributed by atoms with Crippen LogP contribution in [0.4, 0.5) is 0 Å². The van der Waals surface area contributed by atoms with Crippen molar-refractivity contribution >= 4 is 6.34 Å². The van der Waals surface area contributed by atoms with Crippen LogP contribution in [0, 0.1) is 10.1 Å². The quantitative estimate of drug-likeness (QED) is 0.379. The number of hydrogen-bond donors (Lipinski definition) is 0. The molecule has 48 valence electrons. The minimum absolute atomic E-state index is 0.597. The first kappa shape index (κ1) is 5.80. The molecule has 1 atom stereocenters. The van der Waals surface area contributed by atoms with Crippen molar-refractivity contribution in [3.63, 3.8) is 0 Å². The number of aliphatic imine (C=N–C) groups is 1. The second-order valence-corrected chi connectivity index (χ2v) is 1.69. The number of hydrogen-bond acceptors (Lipinski definition) is 5. The Bertz CT molecular complexity index is 184. The molecule has 0 aromatic carbocycles. The lowest BCUT2D eigenvalue weighted by atomic mass is 10.5. The fraction of sp³-hybridized carbons (Fsp3) is 0.667. The van der Waals surface area contributed by atoms with Gasteiger partial charge in [0.1, 0.15) is 6.34 Å². The molecule has 9 heavy (non-hydrogen) atoms. The summed E-state index contributed by atoms with van der Waals surface area (Å²) < 4.78 is 0. The second-order valence-electron chi connectivity index (χ2n) is 1.69. The third-order valence-corrected chi connectivity index (χ3v) is 0.947. The summed E-state index contributed by atoms with van der Waals surface area (Å²) in [5.41, 5.74) is 0. The van der Waals surface area contributed by atoms with E-state index in [-0.39, 0.29) is 0 Å². The molecule has 0 aliphatic carbocycles. The van der Waals surface area contributed by atoms with Gasteiger partial charge in [0.25, 0.3) is 0 Å². The van der Waals surface area contributed by atoms with Crippen molar-refractivity contribution in [3.05, 3.63) is 10.1 Å². The van der Waals surface area contributed by atoms with E-state index in [9.17, 15) is 10.1 Å². The zero-order valence-corrected chi connectivity index (χ0v) is 4.68. The average Bonchev–Trinajstić information content (AvgIpc) is 2.16. The van der Waals surface area contributed by atoms with Gasteiger partial charge in [-0.05, 0) is 0 Å². The van der Waals surface area contributed by atoms with Crippen molar-refractivity contribution in [1.29, 1.82) is 0 Å². The van der Waals surface area contributed by atoms with E-state index in [4.69, 9.17) is 0 Å². The Morgan fingerprint density at radius 1 is 1.78 bits per heavy atom. The molecular weight excluding hydrogens is 124 g/mol. The predicted octanol–water partition coefficient (Wildman–Crippen LogP) is 0.431. The summed E-state index contributed by atoms with van der Waals surface area (Å²) in [6.45, 7) is 1.28. The number of azo groups is 1. The molecule has 0 bridgehead atoms. The fourth-order valence-electron chi connectivity index (χ4n) is 0.380. The average molecular weight is 128 g/mol. The Balaban J connectivity index is 2.88. The highest BCUT2D eigenvalue weighted by Crippen LogP contribution is 2.15. The van der Waals surface area contributed by atoms with Crippen molar-refractivity contribution in [2.45, 2.75) is 12.7 Å². The molecule has 0 amide bonds. The molecule has 6 nitrogen and oxygen atoms in total. The smallest absolute Gasteiger partial charge is 0.260 e. The Labute approximate surface area is 50.5 Å². The van der Waals surface area contributed by atoms with Crippen molar-refractivity contribution in [2.75, 3.05) is 0 Å². The van der Waals surface area contributed by atoms with Gasteiger partial charge >= 0.3 is 5.79 Å². The van der Waals surface area contributed by atoms with Crippen LogP contribution in [-0.2, 0) is 0 Å². The lowest BCUT2D eigenvalue weighted by Gasteiger charge is -2.02. The molecule has 0 spiro atoms. The van der Waals surface area contributed by atoms with Crippen molar-refractivity contribution < 1.29 is 4.92 Å². The molecule has 0 aromatic heterocycles. The maximum Gasteiger partial charge on any atom is 0.427 e. The first-order valence-corrected chi connectivity index (χ1v) is 2.25. The lowest BCUT2D eigenvalue weighted by Crippen LogP contribution is -2.27.